The van der Waals surface area contributed by atoms with E-state index in [9.17, 15) is 17.6 Å². The third-order valence-corrected chi connectivity index (χ3v) is 2.79. The van der Waals surface area contributed by atoms with E-state index in [2.05, 4.69) is 0 Å². The van der Waals surface area contributed by atoms with E-state index in [-0.39, 0.29) is 12.0 Å². The summed E-state index contributed by atoms with van der Waals surface area (Å²) in [6.45, 7) is 0. The van der Waals surface area contributed by atoms with Crippen LogP contribution in [0.5, 0.6) is 0 Å². The molecule has 0 unspecified atom stereocenters. The number of nitrogens with zero attached hydrogens (tertiary/aromatic N) is 1. The van der Waals surface area contributed by atoms with Gasteiger partial charge in [0, 0.05) is 0 Å². The van der Waals surface area contributed by atoms with Gasteiger partial charge in [0.05, 0.1) is 21.6 Å². The molecule has 1 aromatic rings. The molecule has 1 aromatic carbocycles. The van der Waals surface area contributed by atoms with Crippen molar-refractivity contribution in [1.82, 2.24) is 0 Å². The Morgan fingerprint density at radius 2 is 1.93 bits per heavy atom. The second-order valence-corrected chi connectivity index (χ2v) is 3.81. The quantitative estimate of drug-likeness (QED) is 0.571. The van der Waals surface area contributed by atoms with Crippen LogP contribution in [0.1, 0.15) is 11.1 Å². The Balaban J connectivity index is 3.43. The molecule has 80 valence electrons. The van der Waals surface area contributed by atoms with Crippen LogP contribution in [0.4, 0.5) is 17.6 Å². The Morgan fingerprint density at radius 1 is 1.33 bits per heavy atom. The van der Waals surface area contributed by atoms with Crippen LogP contribution in [0.15, 0.2) is 12.1 Å². The van der Waals surface area contributed by atoms with E-state index in [0.717, 1.165) is 12.1 Å². The first-order valence-electron chi connectivity index (χ1n) is 3.79. The number of hydrogen-bond donors (Lipinski definition) is 0. The minimum absolute atomic E-state index is 0.198. The first kappa shape index (κ1) is 12.2. The lowest BCUT2D eigenvalue weighted by atomic mass is 10.0. The van der Waals surface area contributed by atoms with Crippen molar-refractivity contribution < 1.29 is 17.6 Å². The fourth-order valence-corrected chi connectivity index (χ4v) is 1.96. The predicted molar refractivity (Wildman–Crippen MR) is 53.4 cm³/mol. The molecule has 0 saturated heterocycles. The number of alkyl halides is 3. The molecule has 15 heavy (non-hydrogen) atoms. The first-order chi connectivity index (χ1) is 6.88. The zero-order valence-electron chi connectivity index (χ0n) is 7.20. The number of benzene rings is 1. The lowest BCUT2D eigenvalue weighted by Crippen LogP contribution is -2.12. The molecular weight excluding hydrogens is 325 g/mol. The molecule has 0 heterocycles. The SMILES string of the molecule is N#CCc1ccc(F)c(I)c1C(F)(F)F. The number of halogens is 5. The second kappa shape index (κ2) is 4.35. The summed E-state index contributed by atoms with van der Waals surface area (Å²) < 4.78 is 50.0. The highest BCUT2D eigenvalue weighted by Gasteiger charge is 2.36. The average Bonchev–Trinajstić information content (AvgIpc) is 2.10. The summed E-state index contributed by atoms with van der Waals surface area (Å²) in [7, 11) is 0. The molecule has 0 N–H and O–H groups in total. The maximum absolute atomic E-state index is 12.9. The van der Waals surface area contributed by atoms with E-state index in [1.165, 1.54) is 22.6 Å². The summed E-state index contributed by atoms with van der Waals surface area (Å²) in [5, 5.41) is 8.36. The number of rotatable bonds is 1. The molecule has 0 aliphatic carbocycles. The lowest BCUT2D eigenvalue weighted by molar-refractivity contribution is -0.139. The monoisotopic (exact) mass is 329 g/mol. The van der Waals surface area contributed by atoms with Gasteiger partial charge in [-0.3, -0.25) is 0 Å². The maximum atomic E-state index is 12.9. The second-order valence-electron chi connectivity index (χ2n) is 2.73. The molecule has 0 aliphatic heterocycles. The fourth-order valence-electron chi connectivity index (χ4n) is 1.13. The van der Waals surface area contributed by atoms with E-state index in [1.807, 2.05) is 0 Å². The molecule has 6 heteroatoms. The minimum Gasteiger partial charge on any atom is -0.206 e. The van der Waals surface area contributed by atoms with Gasteiger partial charge >= 0.3 is 6.18 Å². The van der Waals surface area contributed by atoms with Gasteiger partial charge in [-0.25, -0.2) is 4.39 Å². The van der Waals surface area contributed by atoms with Crippen molar-refractivity contribution in [1.29, 1.82) is 5.26 Å². The van der Waals surface area contributed by atoms with Crippen molar-refractivity contribution in [2.45, 2.75) is 12.6 Å². The Morgan fingerprint density at radius 3 is 2.40 bits per heavy atom. The summed E-state index contributed by atoms with van der Waals surface area (Å²) in [6, 6.07) is 3.54. The molecule has 0 radical (unpaired) electrons. The summed E-state index contributed by atoms with van der Waals surface area (Å²) in [4.78, 5) is 0. The molecule has 0 bridgehead atoms. The fraction of sp³-hybridized carbons (Fsp3) is 0.222. The normalized spacial score (nSPS) is 11.2. The van der Waals surface area contributed by atoms with E-state index >= 15 is 0 Å². The van der Waals surface area contributed by atoms with Gasteiger partial charge in [-0.05, 0) is 34.2 Å². The summed E-state index contributed by atoms with van der Waals surface area (Å²) in [5.74, 6) is -0.926. The van der Waals surface area contributed by atoms with Crippen molar-refractivity contribution >= 4 is 22.6 Å². The molecular formula is C9H4F4IN. The molecule has 0 atom stereocenters. The Bertz CT molecular complexity index is 419. The van der Waals surface area contributed by atoms with Gasteiger partial charge in [0.1, 0.15) is 5.82 Å². The Hall–Kier alpha value is -0.840. The van der Waals surface area contributed by atoms with E-state index in [1.54, 1.807) is 6.07 Å². The predicted octanol–water partition coefficient (Wildman–Crippen LogP) is 3.52. The van der Waals surface area contributed by atoms with Crippen molar-refractivity contribution in [3.8, 4) is 6.07 Å². The number of hydrogen-bond acceptors (Lipinski definition) is 1. The molecule has 0 spiro atoms. The van der Waals surface area contributed by atoms with E-state index < -0.39 is 21.1 Å². The number of nitriles is 1. The molecule has 0 aromatic heterocycles. The molecule has 1 rings (SSSR count). The van der Waals surface area contributed by atoms with Crippen molar-refractivity contribution in [3.63, 3.8) is 0 Å². The molecule has 0 saturated carbocycles. The van der Waals surface area contributed by atoms with E-state index in [4.69, 9.17) is 5.26 Å². The first-order valence-corrected chi connectivity index (χ1v) is 4.87. The van der Waals surface area contributed by atoms with Crippen LogP contribution >= 0.6 is 22.6 Å². The zero-order valence-corrected chi connectivity index (χ0v) is 9.36. The van der Waals surface area contributed by atoms with Crippen LogP contribution in [-0.2, 0) is 12.6 Å². The van der Waals surface area contributed by atoms with Gasteiger partial charge in [-0.1, -0.05) is 6.07 Å². The van der Waals surface area contributed by atoms with Crippen LogP contribution in [0.2, 0.25) is 0 Å². The Kier molecular flexibility index (Phi) is 3.54. The van der Waals surface area contributed by atoms with Crippen LogP contribution in [0.3, 0.4) is 0 Å². The van der Waals surface area contributed by atoms with Crippen molar-refractivity contribution in [2.75, 3.05) is 0 Å². The highest BCUT2D eigenvalue weighted by atomic mass is 127. The van der Waals surface area contributed by atoms with Gasteiger partial charge in [-0.15, -0.1) is 0 Å². The molecule has 0 aliphatic rings. The maximum Gasteiger partial charge on any atom is 0.417 e. The van der Waals surface area contributed by atoms with Crippen molar-refractivity contribution in [2.24, 2.45) is 0 Å². The highest BCUT2D eigenvalue weighted by Crippen LogP contribution is 2.36. The topological polar surface area (TPSA) is 23.8 Å². The highest BCUT2D eigenvalue weighted by molar-refractivity contribution is 14.1. The lowest BCUT2D eigenvalue weighted by Gasteiger charge is -2.13. The smallest absolute Gasteiger partial charge is 0.206 e. The van der Waals surface area contributed by atoms with Crippen LogP contribution < -0.4 is 0 Å². The van der Waals surface area contributed by atoms with Gasteiger partial charge in [0.2, 0.25) is 0 Å². The van der Waals surface area contributed by atoms with Gasteiger partial charge in [-0.2, -0.15) is 18.4 Å². The molecule has 0 amide bonds. The summed E-state index contributed by atoms with van der Waals surface area (Å²) in [5.41, 5.74) is -1.25. The third-order valence-electron chi connectivity index (χ3n) is 1.73. The van der Waals surface area contributed by atoms with Crippen molar-refractivity contribution in [3.05, 3.63) is 32.6 Å². The molecule has 0 fully saturated rings. The average molecular weight is 329 g/mol. The largest absolute Gasteiger partial charge is 0.417 e. The van der Waals surface area contributed by atoms with Gasteiger partial charge in [0.15, 0.2) is 0 Å². The minimum atomic E-state index is -4.63. The van der Waals surface area contributed by atoms with Crippen LogP contribution in [-0.4, -0.2) is 0 Å². The van der Waals surface area contributed by atoms with E-state index in [0.29, 0.717) is 0 Å². The molecule has 1 nitrogen and oxygen atoms in total. The Labute approximate surface area is 96.8 Å². The van der Waals surface area contributed by atoms with Gasteiger partial charge in [0.25, 0.3) is 0 Å². The van der Waals surface area contributed by atoms with Gasteiger partial charge < -0.3 is 0 Å². The third kappa shape index (κ3) is 2.59. The summed E-state index contributed by atoms with van der Waals surface area (Å²) >= 11 is 1.29. The standard InChI is InChI=1S/C9H4F4IN/c10-6-2-1-5(3-4-15)7(8(6)14)9(11,12)13/h1-2H,3H2. The van der Waals surface area contributed by atoms with Crippen LogP contribution in [0, 0.1) is 20.7 Å². The van der Waals surface area contributed by atoms with Crippen LogP contribution in [0.25, 0.3) is 0 Å². The summed E-state index contributed by atoms with van der Waals surface area (Å²) in [6.07, 6.45) is -5.02. The zero-order chi connectivity index (χ0) is 11.6.